The second-order valence-electron chi connectivity index (χ2n) is 4.35. The number of hydrogen-bond acceptors (Lipinski definition) is 5. The van der Waals surface area contributed by atoms with Crippen molar-refractivity contribution in [3.63, 3.8) is 0 Å². The number of benzene rings is 1. The van der Waals surface area contributed by atoms with Gasteiger partial charge in [0.1, 0.15) is 17.9 Å². The van der Waals surface area contributed by atoms with Gasteiger partial charge in [-0.25, -0.2) is 4.79 Å². The fourth-order valence-corrected chi connectivity index (χ4v) is 1.87. The van der Waals surface area contributed by atoms with Gasteiger partial charge in [-0.15, -0.1) is 0 Å². The largest absolute Gasteiger partial charge is 0.493 e. The molecule has 0 spiro atoms. The Hall–Kier alpha value is -1.75. The molecule has 0 saturated carbocycles. The van der Waals surface area contributed by atoms with Gasteiger partial charge < -0.3 is 20.1 Å². The summed E-state index contributed by atoms with van der Waals surface area (Å²) in [6.45, 7) is 9.49. The van der Waals surface area contributed by atoms with E-state index in [4.69, 9.17) is 15.2 Å². The molecule has 1 rings (SSSR count). The van der Waals surface area contributed by atoms with Crippen molar-refractivity contribution in [3.05, 3.63) is 23.8 Å². The molecule has 1 aromatic carbocycles. The molecule has 0 aliphatic heterocycles. The van der Waals surface area contributed by atoms with E-state index >= 15 is 0 Å². The first-order valence-electron chi connectivity index (χ1n) is 7.04. The zero-order valence-electron chi connectivity index (χ0n) is 12.5. The molecule has 0 unspecified atom stereocenters. The smallest absolute Gasteiger partial charge is 0.341 e. The Balaban J connectivity index is 2.63. The lowest BCUT2D eigenvalue weighted by Gasteiger charge is -2.18. The summed E-state index contributed by atoms with van der Waals surface area (Å²) in [7, 11) is 0. The SMILES string of the molecule is CCOc1cc(N)ccc1C(=O)OCCN(CC)CC. The molecule has 2 N–H and O–H groups in total. The first-order chi connectivity index (χ1) is 9.62. The molecule has 0 heterocycles. The van der Waals surface area contributed by atoms with Gasteiger partial charge in [0.25, 0.3) is 0 Å². The lowest BCUT2D eigenvalue weighted by atomic mass is 10.2. The van der Waals surface area contributed by atoms with E-state index in [1.54, 1.807) is 18.2 Å². The highest BCUT2D eigenvalue weighted by Crippen LogP contribution is 2.22. The van der Waals surface area contributed by atoms with Gasteiger partial charge in [0, 0.05) is 18.3 Å². The van der Waals surface area contributed by atoms with Crippen LogP contribution in [0.2, 0.25) is 0 Å². The van der Waals surface area contributed by atoms with Gasteiger partial charge in [0.2, 0.25) is 0 Å². The van der Waals surface area contributed by atoms with Crippen molar-refractivity contribution in [1.29, 1.82) is 0 Å². The van der Waals surface area contributed by atoms with Crippen LogP contribution in [0.5, 0.6) is 5.75 Å². The number of nitrogen functional groups attached to an aromatic ring is 1. The van der Waals surface area contributed by atoms with Gasteiger partial charge in [-0.05, 0) is 32.1 Å². The first-order valence-corrected chi connectivity index (χ1v) is 7.04. The van der Waals surface area contributed by atoms with E-state index in [-0.39, 0.29) is 5.97 Å². The maximum absolute atomic E-state index is 12.0. The van der Waals surface area contributed by atoms with Crippen molar-refractivity contribution >= 4 is 11.7 Å². The summed E-state index contributed by atoms with van der Waals surface area (Å²) in [6, 6.07) is 4.95. The number of carbonyl (C=O) groups excluding carboxylic acids is 1. The van der Waals surface area contributed by atoms with Crippen LogP contribution in [0.15, 0.2) is 18.2 Å². The van der Waals surface area contributed by atoms with Crippen molar-refractivity contribution in [2.24, 2.45) is 0 Å². The van der Waals surface area contributed by atoms with Crippen molar-refractivity contribution in [1.82, 2.24) is 4.90 Å². The van der Waals surface area contributed by atoms with Crippen LogP contribution in [0.3, 0.4) is 0 Å². The lowest BCUT2D eigenvalue weighted by Crippen LogP contribution is -2.28. The number of rotatable bonds is 8. The zero-order valence-corrected chi connectivity index (χ0v) is 12.5. The molecule has 0 aliphatic rings. The van der Waals surface area contributed by atoms with Gasteiger partial charge in [0.05, 0.1) is 6.61 Å². The van der Waals surface area contributed by atoms with Crippen LogP contribution in [-0.2, 0) is 4.74 Å². The number of anilines is 1. The summed E-state index contributed by atoms with van der Waals surface area (Å²) in [5, 5.41) is 0. The van der Waals surface area contributed by atoms with E-state index in [1.807, 2.05) is 6.92 Å². The molecule has 0 fully saturated rings. The van der Waals surface area contributed by atoms with E-state index < -0.39 is 0 Å². The number of nitrogens with zero attached hydrogens (tertiary/aromatic N) is 1. The second-order valence-corrected chi connectivity index (χ2v) is 4.35. The molecule has 20 heavy (non-hydrogen) atoms. The maximum atomic E-state index is 12.0. The Kier molecular flexibility index (Phi) is 6.87. The topological polar surface area (TPSA) is 64.8 Å². The molecule has 5 heteroatoms. The lowest BCUT2D eigenvalue weighted by molar-refractivity contribution is 0.0462. The molecule has 0 amide bonds. The Morgan fingerprint density at radius 3 is 2.55 bits per heavy atom. The fraction of sp³-hybridized carbons (Fsp3) is 0.533. The molecule has 5 nitrogen and oxygen atoms in total. The Labute approximate surface area is 120 Å². The number of nitrogens with two attached hydrogens (primary N) is 1. The molecule has 0 bridgehead atoms. The minimum absolute atomic E-state index is 0.371. The highest BCUT2D eigenvalue weighted by molar-refractivity contribution is 5.93. The van der Waals surface area contributed by atoms with Gasteiger partial charge in [-0.3, -0.25) is 0 Å². The quantitative estimate of drug-likeness (QED) is 0.584. The van der Waals surface area contributed by atoms with Crippen LogP contribution in [0.25, 0.3) is 0 Å². The maximum Gasteiger partial charge on any atom is 0.341 e. The average Bonchev–Trinajstić information content (AvgIpc) is 2.44. The monoisotopic (exact) mass is 280 g/mol. The van der Waals surface area contributed by atoms with Crippen LogP contribution < -0.4 is 10.5 Å². The Morgan fingerprint density at radius 1 is 1.25 bits per heavy atom. The third kappa shape index (κ3) is 4.74. The van der Waals surface area contributed by atoms with Crippen molar-refractivity contribution in [2.45, 2.75) is 20.8 Å². The van der Waals surface area contributed by atoms with Gasteiger partial charge in [0.15, 0.2) is 0 Å². The second kappa shape index (κ2) is 8.43. The van der Waals surface area contributed by atoms with Crippen LogP contribution >= 0.6 is 0 Å². The van der Waals surface area contributed by atoms with E-state index in [1.165, 1.54) is 0 Å². The molecule has 0 atom stereocenters. The minimum atomic E-state index is -0.374. The summed E-state index contributed by atoms with van der Waals surface area (Å²) >= 11 is 0. The number of carbonyl (C=O) groups is 1. The number of esters is 1. The number of likely N-dealkylation sites (N-methyl/N-ethyl adjacent to an activating group) is 1. The Morgan fingerprint density at radius 2 is 1.95 bits per heavy atom. The van der Waals surface area contributed by atoms with E-state index in [0.29, 0.717) is 30.2 Å². The van der Waals surface area contributed by atoms with Gasteiger partial charge in [-0.2, -0.15) is 0 Å². The number of hydrogen-bond donors (Lipinski definition) is 1. The van der Waals surface area contributed by atoms with Crippen molar-refractivity contribution < 1.29 is 14.3 Å². The molecule has 0 saturated heterocycles. The fourth-order valence-electron chi connectivity index (χ4n) is 1.87. The summed E-state index contributed by atoms with van der Waals surface area (Å²) in [4.78, 5) is 14.2. The van der Waals surface area contributed by atoms with Crippen LogP contribution in [0, 0.1) is 0 Å². The van der Waals surface area contributed by atoms with E-state index in [0.717, 1.165) is 19.6 Å². The normalized spacial score (nSPS) is 10.6. The first kappa shape index (κ1) is 16.3. The summed E-state index contributed by atoms with van der Waals surface area (Å²) in [5.74, 6) is 0.0981. The highest BCUT2D eigenvalue weighted by atomic mass is 16.5. The zero-order chi connectivity index (χ0) is 15.0. The van der Waals surface area contributed by atoms with E-state index in [9.17, 15) is 4.79 Å². The van der Waals surface area contributed by atoms with Crippen LogP contribution in [0.4, 0.5) is 5.69 Å². The predicted molar refractivity (Wildman–Crippen MR) is 80.1 cm³/mol. The highest BCUT2D eigenvalue weighted by Gasteiger charge is 2.14. The molecule has 0 aliphatic carbocycles. The Bertz CT molecular complexity index is 431. The molecule has 112 valence electrons. The summed E-state index contributed by atoms with van der Waals surface area (Å²) in [6.07, 6.45) is 0. The molecule has 0 aromatic heterocycles. The summed E-state index contributed by atoms with van der Waals surface area (Å²) in [5.41, 5.74) is 6.68. The van der Waals surface area contributed by atoms with Crippen LogP contribution in [-0.4, -0.2) is 43.7 Å². The van der Waals surface area contributed by atoms with E-state index in [2.05, 4.69) is 18.7 Å². The predicted octanol–water partition coefficient (Wildman–Crippen LogP) is 2.17. The van der Waals surface area contributed by atoms with Crippen molar-refractivity contribution in [3.8, 4) is 5.75 Å². The molecular formula is C15H24N2O3. The molecule has 1 aromatic rings. The van der Waals surface area contributed by atoms with Crippen LogP contribution in [0.1, 0.15) is 31.1 Å². The molecular weight excluding hydrogens is 256 g/mol. The summed E-state index contributed by atoms with van der Waals surface area (Å²) < 4.78 is 10.7. The number of ether oxygens (including phenoxy) is 2. The standard InChI is InChI=1S/C15H24N2O3/c1-4-17(5-2)9-10-20-15(18)13-8-7-12(16)11-14(13)19-6-3/h7-8,11H,4-6,9-10,16H2,1-3H3. The van der Waals surface area contributed by atoms with Crippen molar-refractivity contribution in [2.75, 3.05) is 38.6 Å². The third-order valence-electron chi connectivity index (χ3n) is 3.06. The average molecular weight is 280 g/mol. The minimum Gasteiger partial charge on any atom is -0.493 e. The van der Waals surface area contributed by atoms with Gasteiger partial charge in [-0.1, -0.05) is 13.8 Å². The molecule has 0 radical (unpaired) electrons. The van der Waals surface area contributed by atoms with Gasteiger partial charge >= 0.3 is 5.97 Å². The third-order valence-corrected chi connectivity index (χ3v) is 3.06.